The highest BCUT2D eigenvalue weighted by Gasteiger charge is 2.71. The molecule has 1 N–H and O–H groups in total. The minimum absolute atomic E-state index is 0.118. The first kappa shape index (κ1) is 17.3. The first-order chi connectivity index (χ1) is 9.43. The van der Waals surface area contributed by atoms with E-state index in [9.17, 15) is 36.2 Å². The summed E-state index contributed by atoms with van der Waals surface area (Å²) in [6.07, 6.45) is -12.1. The molecule has 1 aromatic carbocycles. The summed E-state index contributed by atoms with van der Waals surface area (Å²) < 4.78 is 80.6. The standard InChI is InChI=1S/C12H10F6O3/c1-2-9(19)21-8-5-3-4-7(6-8)10(20,11(13,14)15)12(16,17)18/h3-6,20H,2H2,1H3. The fraction of sp³-hybridized carbons (Fsp3) is 0.417. The average Bonchev–Trinajstić information content (AvgIpc) is 2.35. The second-order valence-corrected chi connectivity index (χ2v) is 4.06. The number of carbonyl (C=O) groups is 1. The Morgan fingerprint density at radius 2 is 1.67 bits per heavy atom. The first-order valence-electron chi connectivity index (χ1n) is 5.60. The van der Waals surface area contributed by atoms with Crippen LogP contribution in [0.4, 0.5) is 26.3 Å². The Labute approximate surface area is 115 Å². The lowest BCUT2D eigenvalue weighted by molar-refractivity contribution is -0.376. The summed E-state index contributed by atoms with van der Waals surface area (Å²) in [5.41, 5.74) is -6.53. The smallest absolute Gasteiger partial charge is 0.427 e. The number of rotatable bonds is 3. The molecule has 21 heavy (non-hydrogen) atoms. The van der Waals surface area contributed by atoms with Gasteiger partial charge in [0, 0.05) is 12.0 Å². The summed E-state index contributed by atoms with van der Waals surface area (Å²) in [5.74, 6) is -1.36. The molecule has 9 heteroatoms. The van der Waals surface area contributed by atoms with E-state index in [1.54, 1.807) is 0 Å². The highest BCUT2D eigenvalue weighted by Crippen LogP contribution is 2.50. The van der Waals surface area contributed by atoms with Gasteiger partial charge >= 0.3 is 18.3 Å². The first-order valence-corrected chi connectivity index (χ1v) is 5.60. The maximum Gasteiger partial charge on any atom is 0.430 e. The maximum absolute atomic E-state index is 12.7. The highest BCUT2D eigenvalue weighted by atomic mass is 19.4. The molecule has 0 saturated carbocycles. The zero-order valence-corrected chi connectivity index (χ0v) is 10.5. The molecule has 0 amide bonds. The van der Waals surface area contributed by atoms with Crippen LogP contribution in [0.3, 0.4) is 0 Å². The normalized spacial score (nSPS) is 13.1. The number of esters is 1. The van der Waals surface area contributed by atoms with Crippen molar-refractivity contribution >= 4 is 5.97 Å². The van der Waals surface area contributed by atoms with E-state index >= 15 is 0 Å². The average molecular weight is 316 g/mol. The van der Waals surface area contributed by atoms with E-state index in [0.29, 0.717) is 12.1 Å². The molecule has 0 heterocycles. The molecular formula is C12H10F6O3. The molecule has 0 spiro atoms. The number of carbonyl (C=O) groups excluding carboxylic acids is 1. The van der Waals surface area contributed by atoms with Gasteiger partial charge in [-0.1, -0.05) is 19.1 Å². The zero-order chi connectivity index (χ0) is 16.5. The van der Waals surface area contributed by atoms with Crippen molar-refractivity contribution in [3.8, 4) is 5.75 Å². The van der Waals surface area contributed by atoms with Gasteiger partial charge in [0.25, 0.3) is 5.60 Å². The van der Waals surface area contributed by atoms with Crippen LogP contribution in [0.25, 0.3) is 0 Å². The number of benzene rings is 1. The predicted octanol–water partition coefficient (Wildman–Crippen LogP) is 3.31. The van der Waals surface area contributed by atoms with Crippen LogP contribution in [-0.2, 0) is 10.4 Å². The van der Waals surface area contributed by atoms with Gasteiger partial charge in [-0.15, -0.1) is 0 Å². The van der Waals surface area contributed by atoms with Crippen molar-refractivity contribution in [1.82, 2.24) is 0 Å². The van der Waals surface area contributed by atoms with Gasteiger partial charge in [0.1, 0.15) is 5.75 Å². The van der Waals surface area contributed by atoms with Gasteiger partial charge in [0.15, 0.2) is 0 Å². The van der Waals surface area contributed by atoms with Gasteiger partial charge in [-0.3, -0.25) is 4.79 Å². The zero-order valence-electron chi connectivity index (χ0n) is 10.5. The van der Waals surface area contributed by atoms with Crippen molar-refractivity contribution in [2.75, 3.05) is 0 Å². The second kappa shape index (κ2) is 5.55. The van der Waals surface area contributed by atoms with Gasteiger partial charge in [-0.2, -0.15) is 26.3 Å². The van der Waals surface area contributed by atoms with E-state index in [0.717, 1.165) is 12.1 Å². The molecule has 0 aliphatic carbocycles. The topological polar surface area (TPSA) is 46.5 Å². The van der Waals surface area contributed by atoms with E-state index in [1.807, 2.05) is 0 Å². The van der Waals surface area contributed by atoms with Crippen LogP contribution in [0.1, 0.15) is 18.9 Å². The molecule has 0 atom stereocenters. The summed E-state index contributed by atoms with van der Waals surface area (Å²) in [4.78, 5) is 11.0. The van der Waals surface area contributed by atoms with E-state index in [2.05, 4.69) is 4.74 Å². The number of hydrogen-bond acceptors (Lipinski definition) is 3. The number of halogens is 6. The van der Waals surface area contributed by atoms with Crippen molar-refractivity contribution in [1.29, 1.82) is 0 Å². The SMILES string of the molecule is CCC(=O)Oc1cccc(C(O)(C(F)(F)F)C(F)(F)F)c1. The van der Waals surface area contributed by atoms with Crippen molar-refractivity contribution in [2.45, 2.75) is 31.3 Å². The lowest BCUT2D eigenvalue weighted by atomic mass is 9.92. The fourth-order valence-electron chi connectivity index (χ4n) is 1.48. The van der Waals surface area contributed by atoms with Crippen LogP contribution < -0.4 is 4.74 Å². The summed E-state index contributed by atoms with van der Waals surface area (Å²) in [5, 5.41) is 9.18. The Hall–Kier alpha value is -1.77. The third-order valence-electron chi connectivity index (χ3n) is 2.59. The van der Waals surface area contributed by atoms with Crippen LogP contribution in [0.5, 0.6) is 5.75 Å². The number of hydrogen-bond donors (Lipinski definition) is 1. The van der Waals surface area contributed by atoms with Crippen LogP contribution in [-0.4, -0.2) is 23.4 Å². The highest BCUT2D eigenvalue weighted by molar-refractivity contribution is 5.72. The van der Waals surface area contributed by atoms with Crippen molar-refractivity contribution in [2.24, 2.45) is 0 Å². The van der Waals surface area contributed by atoms with E-state index < -0.39 is 35.2 Å². The van der Waals surface area contributed by atoms with Crippen LogP contribution in [0.2, 0.25) is 0 Å². The molecule has 0 aromatic heterocycles. The molecule has 0 aliphatic rings. The molecule has 0 radical (unpaired) electrons. The van der Waals surface area contributed by atoms with Gasteiger partial charge < -0.3 is 9.84 Å². The quantitative estimate of drug-likeness (QED) is 0.529. The minimum Gasteiger partial charge on any atom is -0.427 e. The monoisotopic (exact) mass is 316 g/mol. The summed E-state index contributed by atoms with van der Waals surface area (Å²) >= 11 is 0. The van der Waals surface area contributed by atoms with Gasteiger partial charge in [-0.25, -0.2) is 0 Å². The number of alkyl halides is 6. The summed E-state index contributed by atoms with van der Waals surface area (Å²) in [7, 11) is 0. The second-order valence-electron chi connectivity index (χ2n) is 4.06. The van der Waals surface area contributed by atoms with E-state index in [4.69, 9.17) is 0 Å². The number of aliphatic hydroxyl groups is 1. The van der Waals surface area contributed by atoms with Crippen molar-refractivity contribution < 1.29 is 41.0 Å². The maximum atomic E-state index is 12.7. The Kier molecular flexibility index (Phi) is 4.57. The fourth-order valence-corrected chi connectivity index (χ4v) is 1.48. The number of ether oxygens (including phenoxy) is 1. The van der Waals surface area contributed by atoms with E-state index in [1.165, 1.54) is 6.92 Å². The molecule has 0 fully saturated rings. The molecule has 1 aromatic rings. The van der Waals surface area contributed by atoms with Crippen LogP contribution in [0.15, 0.2) is 24.3 Å². The molecule has 0 unspecified atom stereocenters. The molecular weight excluding hydrogens is 306 g/mol. The third-order valence-corrected chi connectivity index (χ3v) is 2.59. The van der Waals surface area contributed by atoms with Crippen LogP contribution in [0, 0.1) is 0 Å². The molecule has 0 saturated heterocycles. The molecule has 0 aliphatic heterocycles. The molecule has 0 bridgehead atoms. The Morgan fingerprint density at radius 1 is 1.14 bits per heavy atom. The van der Waals surface area contributed by atoms with Gasteiger partial charge in [-0.05, 0) is 12.1 Å². The Balaban J connectivity index is 3.35. The molecule has 118 valence electrons. The minimum atomic E-state index is -5.99. The summed E-state index contributed by atoms with van der Waals surface area (Å²) in [6, 6.07) is 2.60. The van der Waals surface area contributed by atoms with Gasteiger partial charge in [0.2, 0.25) is 0 Å². The lowest BCUT2D eigenvalue weighted by Crippen LogP contribution is -2.53. The Bertz CT molecular complexity index is 506. The largest absolute Gasteiger partial charge is 0.430 e. The van der Waals surface area contributed by atoms with Crippen molar-refractivity contribution in [3.05, 3.63) is 29.8 Å². The Morgan fingerprint density at radius 3 is 2.10 bits per heavy atom. The lowest BCUT2D eigenvalue weighted by Gasteiger charge is -2.32. The predicted molar refractivity (Wildman–Crippen MR) is 58.4 cm³/mol. The third kappa shape index (κ3) is 3.29. The van der Waals surface area contributed by atoms with Gasteiger partial charge in [0.05, 0.1) is 0 Å². The molecule has 1 rings (SSSR count). The molecule has 3 nitrogen and oxygen atoms in total. The summed E-state index contributed by atoms with van der Waals surface area (Å²) in [6.45, 7) is 1.40. The van der Waals surface area contributed by atoms with Crippen molar-refractivity contribution in [3.63, 3.8) is 0 Å². The van der Waals surface area contributed by atoms with E-state index in [-0.39, 0.29) is 6.42 Å². The van der Waals surface area contributed by atoms with Crippen LogP contribution >= 0.6 is 0 Å².